The number of aromatic nitrogens is 2. The van der Waals surface area contributed by atoms with Gasteiger partial charge in [-0.1, -0.05) is 43.5 Å². The Hall–Kier alpha value is -0.900. The van der Waals surface area contributed by atoms with E-state index in [9.17, 15) is 13.2 Å². The summed E-state index contributed by atoms with van der Waals surface area (Å²) >= 11 is 12.5. The van der Waals surface area contributed by atoms with Gasteiger partial charge in [0.15, 0.2) is 0 Å². The minimum Gasteiger partial charge on any atom is -0.323 e. The van der Waals surface area contributed by atoms with Crippen molar-refractivity contribution in [3.05, 3.63) is 38.4 Å². The Morgan fingerprint density at radius 2 is 1.75 bits per heavy atom. The third-order valence-electron chi connectivity index (χ3n) is 3.27. The van der Waals surface area contributed by atoms with Crippen LogP contribution in [-0.2, 0) is 9.84 Å². The predicted molar refractivity (Wildman–Crippen MR) is 98.2 cm³/mol. The normalized spacial score (nSPS) is 11.5. The second-order valence-corrected chi connectivity index (χ2v) is 8.89. The van der Waals surface area contributed by atoms with Crippen LogP contribution in [0.1, 0.15) is 13.8 Å². The van der Waals surface area contributed by atoms with E-state index in [4.69, 9.17) is 11.6 Å². The van der Waals surface area contributed by atoms with E-state index < -0.39 is 15.9 Å². The van der Waals surface area contributed by atoms with Crippen LogP contribution in [0, 0.1) is 0 Å². The third kappa shape index (κ3) is 3.84. The van der Waals surface area contributed by atoms with E-state index in [1.165, 1.54) is 23.2 Å². The molecule has 0 aliphatic heterocycles. The molecule has 0 atom stereocenters. The summed E-state index contributed by atoms with van der Waals surface area (Å²) in [5.74, 6) is 0. The summed E-state index contributed by atoms with van der Waals surface area (Å²) in [6.07, 6.45) is 1.21. The molecule has 1 aromatic carbocycles. The number of hydrogen-bond acceptors (Lipinski definition) is 4. The zero-order valence-electron chi connectivity index (χ0n) is 12.8. The van der Waals surface area contributed by atoms with Crippen molar-refractivity contribution in [3.63, 3.8) is 0 Å². The number of carbonyl (C=O) groups is 1. The first-order valence-electron chi connectivity index (χ1n) is 6.96. The van der Waals surface area contributed by atoms with Crippen LogP contribution in [0.15, 0.2) is 43.3 Å². The van der Waals surface area contributed by atoms with Crippen molar-refractivity contribution in [1.29, 1.82) is 0 Å². The van der Waals surface area contributed by atoms with Crippen LogP contribution >= 0.6 is 43.5 Å². The molecule has 1 aromatic heterocycles. The molecule has 0 saturated carbocycles. The van der Waals surface area contributed by atoms with Crippen molar-refractivity contribution >= 4 is 59.3 Å². The average Bonchev–Trinajstić information content (AvgIpc) is 2.90. The number of sulfone groups is 1. The van der Waals surface area contributed by atoms with Crippen LogP contribution in [-0.4, -0.2) is 42.2 Å². The monoisotopic (exact) mass is 497 g/mol. The number of halogens is 3. The molecule has 0 radical (unpaired) electrons. The maximum Gasteiger partial charge on any atom is 0.344 e. The molecule has 0 spiro atoms. The molecule has 6 nitrogen and oxygen atoms in total. The standard InChI is InChI=1S/C14H14Br2ClN3O3S/c1-3-19(4-2)14(21)20-8-12(17)13(18-20)24(22,23)11-6-9(15)5-10(16)7-11/h5-8H,3-4H2,1-2H3. The van der Waals surface area contributed by atoms with Gasteiger partial charge in [-0.3, -0.25) is 0 Å². The highest BCUT2D eigenvalue weighted by Gasteiger charge is 2.27. The predicted octanol–water partition coefficient (Wildman–Crippen LogP) is 4.20. The molecule has 0 aliphatic carbocycles. The first kappa shape index (κ1) is 19.4. The molecule has 0 fully saturated rings. The van der Waals surface area contributed by atoms with Gasteiger partial charge in [0.05, 0.1) is 16.1 Å². The lowest BCUT2D eigenvalue weighted by Crippen LogP contribution is -2.34. The highest BCUT2D eigenvalue weighted by molar-refractivity contribution is 9.11. The molecule has 1 amide bonds. The second-order valence-electron chi connectivity index (χ2n) is 4.79. The maximum absolute atomic E-state index is 12.8. The van der Waals surface area contributed by atoms with Crippen molar-refractivity contribution in [2.75, 3.05) is 13.1 Å². The quantitative estimate of drug-likeness (QED) is 0.632. The molecule has 2 rings (SSSR count). The third-order valence-corrected chi connectivity index (χ3v) is 6.24. The van der Waals surface area contributed by atoms with Gasteiger partial charge in [-0.15, -0.1) is 0 Å². The fourth-order valence-corrected chi connectivity index (χ4v) is 5.38. The summed E-state index contributed by atoms with van der Waals surface area (Å²) in [5, 5.41) is 3.45. The molecule has 0 N–H and O–H groups in total. The largest absolute Gasteiger partial charge is 0.344 e. The lowest BCUT2D eigenvalue weighted by atomic mass is 10.4. The first-order chi connectivity index (χ1) is 11.2. The molecule has 0 saturated heterocycles. The van der Waals surface area contributed by atoms with Gasteiger partial charge in [-0.25, -0.2) is 13.2 Å². The number of nitrogens with zero attached hydrogens (tertiary/aromatic N) is 3. The number of amides is 1. The maximum atomic E-state index is 12.8. The number of hydrogen-bond donors (Lipinski definition) is 0. The zero-order chi connectivity index (χ0) is 18.1. The van der Waals surface area contributed by atoms with Crippen molar-refractivity contribution in [1.82, 2.24) is 14.7 Å². The van der Waals surface area contributed by atoms with Crippen LogP contribution in [0.2, 0.25) is 5.02 Å². The summed E-state index contributed by atoms with van der Waals surface area (Å²) in [6, 6.07) is 4.17. The van der Waals surface area contributed by atoms with Gasteiger partial charge in [0.2, 0.25) is 14.9 Å². The molecule has 10 heteroatoms. The smallest absolute Gasteiger partial charge is 0.323 e. The van der Waals surface area contributed by atoms with E-state index >= 15 is 0 Å². The first-order valence-corrected chi connectivity index (χ1v) is 10.4. The Morgan fingerprint density at radius 1 is 1.21 bits per heavy atom. The summed E-state index contributed by atoms with van der Waals surface area (Å²) < 4.78 is 27.7. The minimum absolute atomic E-state index is 0.0196. The molecule has 0 bridgehead atoms. The minimum atomic E-state index is -3.96. The van der Waals surface area contributed by atoms with Crippen LogP contribution in [0.25, 0.3) is 0 Å². The topological polar surface area (TPSA) is 72.3 Å². The Morgan fingerprint density at radius 3 is 2.25 bits per heavy atom. The summed E-state index contributed by atoms with van der Waals surface area (Å²) in [6.45, 7) is 4.60. The van der Waals surface area contributed by atoms with Crippen LogP contribution in [0.5, 0.6) is 0 Å². The highest BCUT2D eigenvalue weighted by Crippen LogP contribution is 2.30. The van der Waals surface area contributed by atoms with E-state index in [0.717, 1.165) is 4.68 Å². The van der Waals surface area contributed by atoms with Gasteiger partial charge >= 0.3 is 6.03 Å². The van der Waals surface area contributed by atoms with Crippen LogP contribution in [0.4, 0.5) is 4.79 Å². The Balaban J connectivity index is 2.51. The summed E-state index contributed by atoms with van der Waals surface area (Å²) in [4.78, 5) is 13.8. The van der Waals surface area contributed by atoms with E-state index in [1.807, 2.05) is 13.8 Å². The lowest BCUT2D eigenvalue weighted by molar-refractivity contribution is 0.201. The molecule has 2 aromatic rings. The van der Waals surface area contributed by atoms with Crippen molar-refractivity contribution in [2.45, 2.75) is 23.8 Å². The SMILES string of the molecule is CCN(CC)C(=O)n1cc(Cl)c(S(=O)(=O)c2cc(Br)cc(Br)c2)n1. The highest BCUT2D eigenvalue weighted by atomic mass is 79.9. The fraction of sp³-hybridized carbons (Fsp3) is 0.286. The Bertz CT molecular complexity index is 859. The molecule has 1 heterocycles. The molecular formula is C14H14Br2ClN3O3S. The van der Waals surface area contributed by atoms with E-state index in [1.54, 1.807) is 6.07 Å². The second kappa shape index (κ2) is 7.55. The Labute approximate surface area is 162 Å². The average molecular weight is 500 g/mol. The van der Waals surface area contributed by atoms with Gasteiger partial charge in [-0.05, 0) is 32.0 Å². The number of rotatable bonds is 4. The van der Waals surface area contributed by atoms with Crippen molar-refractivity contribution in [3.8, 4) is 0 Å². The van der Waals surface area contributed by atoms with Gasteiger partial charge in [0.25, 0.3) is 0 Å². The van der Waals surface area contributed by atoms with Crippen molar-refractivity contribution < 1.29 is 13.2 Å². The molecule has 24 heavy (non-hydrogen) atoms. The number of carbonyl (C=O) groups excluding carboxylic acids is 1. The van der Waals surface area contributed by atoms with Gasteiger partial charge < -0.3 is 4.90 Å². The van der Waals surface area contributed by atoms with Gasteiger partial charge in [0, 0.05) is 22.0 Å². The fourth-order valence-electron chi connectivity index (χ4n) is 2.05. The Kier molecular flexibility index (Phi) is 6.11. The van der Waals surface area contributed by atoms with Crippen LogP contribution < -0.4 is 0 Å². The van der Waals surface area contributed by atoms with Gasteiger partial charge in [-0.2, -0.15) is 9.78 Å². The van der Waals surface area contributed by atoms with Crippen molar-refractivity contribution in [2.24, 2.45) is 0 Å². The van der Waals surface area contributed by atoms with Gasteiger partial charge in [0.1, 0.15) is 0 Å². The molecule has 0 unspecified atom stereocenters. The van der Waals surface area contributed by atoms with E-state index in [-0.39, 0.29) is 14.9 Å². The summed E-state index contributed by atoms with van der Waals surface area (Å²) in [5.41, 5.74) is 0. The van der Waals surface area contributed by atoms with E-state index in [0.29, 0.717) is 22.0 Å². The molecular weight excluding hydrogens is 486 g/mol. The lowest BCUT2D eigenvalue weighted by Gasteiger charge is -2.17. The molecule has 130 valence electrons. The van der Waals surface area contributed by atoms with Crippen LogP contribution in [0.3, 0.4) is 0 Å². The zero-order valence-corrected chi connectivity index (χ0v) is 17.6. The number of benzene rings is 1. The molecule has 0 aliphatic rings. The van der Waals surface area contributed by atoms with E-state index in [2.05, 4.69) is 37.0 Å². The summed E-state index contributed by atoms with van der Waals surface area (Å²) in [7, 11) is -3.96.